The molecule has 0 bridgehead atoms. The van der Waals surface area contributed by atoms with Crippen LogP contribution in [0.3, 0.4) is 0 Å². The largest absolute Gasteiger partial charge is 0.417 e. The summed E-state index contributed by atoms with van der Waals surface area (Å²) in [5.41, 5.74) is -4.43. The van der Waals surface area contributed by atoms with E-state index in [0.29, 0.717) is 12.1 Å². The molecule has 0 saturated carbocycles. The zero-order valence-corrected chi connectivity index (χ0v) is 17.8. The van der Waals surface area contributed by atoms with Gasteiger partial charge in [-0.1, -0.05) is 30.3 Å². The lowest BCUT2D eigenvalue weighted by molar-refractivity contribution is -0.143. The van der Waals surface area contributed by atoms with Crippen molar-refractivity contribution in [3.63, 3.8) is 0 Å². The number of nitrogens with zero attached hydrogens (tertiary/aromatic N) is 1. The average molecular weight is 522 g/mol. The number of halogens is 9. The van der Waals surface area contributed by atoms with Gasteiger partial charge in [-0.3, -0.25) is 0 Å². The van der Waals surface area contributed by atoms with E-state index in [1.54, 1.807) is 0 Å². The molecule has 15 heteroatoms. The van der Waals surface area contributed by atoms with Crippen LogP contribution in [-0.2, 0) is 40.5 Å². The Kier molecular flexibility index (Phi) is 9.66. The van der Waals surface area contributed by atoms with Crippen LogP contribution in [0.25, 0.3) is 0 Å². The fraction of sp³-hybridized carbons (Fsp3) is 0.316. The van der Waals surface area contributed by atoms with Crippen LogP contribution in [0.4, 0.5) is 39.5 Å². The van der Waals surface area contributed by atoms with Crippen molar-refractivity contribution in [1.82, 2.24) is 0 Å². The van der Waals surface area contributed by atoms with E-state index in [1.165, 1.54) is 6.92 Å². The van der Waals surface area contributed by atoms with Gasteiger partial charge >= 0.3 is 29.0 Å². The van der Waals surface area contributed by atoms with Gasteiger partial charge in [0.2, 0.25) is 0 Å². The van der Waals surface area contributed by atoms with Gasteiger partial charge in [-0.25, -0.2) is 0 Å². The number of benzene rings is 2. The molecule has 0 saturated heterocycles. The zero-order valence-electron chi connectivity index (χ0n) is 16.9. The molecule has 0 aliphatic rings. The van der Waals surface area contributed by atoms with Crippen LogP contribution in [0.5, 0.6) is 0 Å². The Morgan fingerprint density at radius 1 is 0.853 bits per heavy atom. The van der Waals surface area contributed by atoms with E-state index in [1.807, 2.05) is 0 Å². The van der Waals surface area contributed by atoms with Crippen LogP contribution in [-0.4, -0.2) is 14.1 Å². The first-order chi connectivity index (χ1) is 15.5. The molecule has 2 rings (SSSR count). The van der Waals surface area contributed by atoms with Crippen LogP contribution < -0.4 is 0 Å². The molecule has 2 aromatic rings. The fourth-order valence-corrected chi connectivity index (χ4v) is 2.49. The summed E-state index contributed by atoms with van der Waals surface area (Å²) in [7, 11) is -2.61. The predicted octanol–water partition coefficient (Wildman–Crippen LogP) is 6.70. The SMILES string of the molecule is CC/C(=N\OCc1ccc(C(F)(F)F)cc1)c1ccc(C(F)(F)F)cc1C(F)(F)F.N=S(=O)=O. The second-order valence-corrected chi connectivity index (χ2v) is 6.82. The number of rotatable bonds is 5. The van der Waals surface area contributed by atoms with Crippen LogP contribution in [0.1, 0.15) is 41.2 Å². The van der Waals surface area contributed by atoms with Crippen molar-refractivity contribution in [2.24, 2.45) is 5.16 Å². The van der Waals surface area contributed by atoms with Crippen molar-refractivity contribution in [2.75, 3.05) is 0 Å². The van der Waals surface area contributed by atoms with Gasteiger partial charge in [-0.05, 0) is 36.2 Å². The minimum absolute atomic E-state index is 0.00360. The lowest BCUT2D eigenvalue weighted by Gasteiger charge is -2.16. The summed E-state index contributed by atoms with van der Waals surface area (Å²) in [6.45, 7) is 1.09. The molecule has 5 nitrogen and oxygen atoms in total. The van der Waals surface area contributed by atoms with Crippen molar-refractivity contribution in [1.29, 1.82) is 4.78 Å². The molecule has 34 heavy (non-hydrogen) atoms. The molecule has 0 fully saturated rings. The molecule has 0 spiro atoms. The molecule has 0 aliphatic carbocycles. The summed E-state index contributed by atoms with van der Waals surface area (Å²) in [5, 5.41) is 3.56. The van der Waals surface area contributed by atoms with Gasteiger partial charge in [0, 0.05) is 5.56 Å². The highest BCUT2D eigenvalue weighted by molar-refractivity contribution is 7.60. The number of hydrogen-bond donors (Lipinski definition) is 1. The minimum Gasteiger partial charge on any atom is -0.391 e. The number of oxime groups is 1. The van der Waals surface area contributed by atoms with E-state index < -0.39 is 51.3 Å². The second-order valence-electron chi connectivity index (χ2n) is 6.35. The first kappa shape index (κ1) is 28.9. The third kappa shape index (κ3) is 9.03. The number of hydrogen-bond acceptors (Lipinski definition) is 5. The van der Waals surface area contributed by atoms with Crippen molar-refractivity contribution in [2.45, 2.75) is 38.5 Å². The normalized spacial score (nSPS) is 12.6. The average Bonchev–Trinajstić information content (AvgIpc) is 2.69. The quantitative estimate of drug-likeness (QED) is 0.270. The first-order valence-corrected chi connectivity index (χ1v) is 9.98. The standard InChI is InChI=1S/C19H14F9NO.HNO2S/c1-2-16(29-30-10-11-3-5-12(6-4-11)17(20,21)22)14-8-7-13(18(23,24)25)9-15(14)19(26,27)28;1-4(2)3/h3-9H,2,10H2,1H3;1H/b29-16+;. The molecule has 0 radical (unpaired) electrons. The molecule has 188 valence electrons. The molecule has 1 N–H and O–H groups in total. The van der Waals surface area contributed by atoms with Crippen molar-refractivity contribution in [3.05, 3.63) is 70.3 Å². The maximum atomic E-state index is 13.3. The predicted molar refractivity (Wildman–Crippen MR) is 101 cm³/mol. The highest BCUT2D eigenvalue weighted by Crippen LogP contribution is 2.38. The Balaban J connectivity index is 0.00000133. The smallest absolute Gasteiger partial charge is 0.391 e. The molecular formula is C19H15F9N2O3S. The lowest BCUT2D eigenvalue weighted by atomic mass is 9.98. The van der Waals surface area contributed by atoms with Gasteiger partial charge < -0.3 is 4.84 Å². The highest BCUT2D eigenvalue weighted by atomic mass is 32.2. The molecule has 0 atom stereocenters. The Morgan fingerprint density at radius 2 is 1.32 bits per heavy atom. The molecule has 0 aromatic heterocycles. The highest BCUT2D eigenvalue weighted by Gasteiger charge is 2.39. The summed E-state index contributed by atoms with van der Waals surface area (Å²) < 4.78 is 139. The Bertz CT molecular complexity index is 1100. The third-order valence-corrected chi connectivity index (χ3v) is 3.99. The van der Waals surface area contributed by atoms with Crippen molar-refractivity contribution >= 4 is 16.2 Å². The zero-order chi connectivity index (χ0) is 26.3. The van der Waals surface area contributed by atoms with E-state index in [-0.39, 0.29) is 30.4 Å². The van der Waals surface area contributed by atoms with Gasteiger partial charge in [0.25, 0.3) is 0 Å². The maximum absolute atomic E-state index is 13.3. The van der Waals surface area contributed by atoms with Crippen LogP contribution >= 0.6 is 0 Å². The van der Waals surface area contributed by atoms with Gasteiger partial charge in [-0.2, -0.15) is 52.7 Å². The molecular weight excluding hydrogens is 507 g/mol. The summed E-state index contributed by atoms with van der Waals surface area (Å²) in [4.78, 5) is 4.93. The molecule has 2 aromatic carbocycles. The second kappa shape index (κ2) is 11.4. The van der Waals surface area contributed by atoms with Crippen LogP contribution in [0.15, 0.2) is 47.6 Å². The fourth-order valence-electron chi connectivity index (χ4n) is 2.49. The third-order valence-electron chi connectivity index (χ3n) is 3.99. The Morgan fingerprint density at radius 3 is 1.74 bits per heavy atom. The molecule has 0 amide bonds. The van der Waals surface area contributed by atoms with Crippen molar-refractivity contribution < 1.29 is 52.8 Å². The number of alkyl halides is 9. The van der Waals surface area contributed by atoms with E-state index >= 15 is 0 Å². The monoisotopic (exact) mass is 522 g/mol. The van der Waals surface area contributed by atoms with Gasteiger partial charge in [0.15, 0.2) is 0 Å². The lowest BCUT2D eigenvalue weighted by Crippen LogP contribution is -2.16. The van der Waals surface area contributed by atoms with E-state index in [2.05, 4.69) is 5.16 Å². The summed E-state index contributed by atoms with van der Waals surface area (Å²) in [6, 6.07) is 5.01. The van der Waals surface area contributed by atoms with E-state index in [4.69, 9.17) is 18.0 Å². The topological polar surface area (TPSA) is 79.6 Å². The summed E-state index contributed by atoms with van der Waals surface area (Å²) in [6.07, 6.45) is -14.6. The molecule has 0 aliphatic heterocycles. The van der Waals surface area contributed by atoms with Crippen LogP contribution in [0.2, 0.25) is 0 Å². The number of nitrogens with one attached hydrogen (secondary N) is 1. The molecule has 0 unspecified atom stereocenters. The first-order valence-electron chi connectivity index (χ1n) is 8.91. The van der Waals surface area contributed by atoms with Gasteiger partial charge in [0.1, 0.15) is 6.61 Å². The maximum Gasteiger partial charge on any atom is 0.417 e. The Hall–Kier alpha value is -3.10. The van der Waals surface area contributed by atoms with Gasteiger partial charge in [-0.15, -0.1) is 0 Å². The van der Waals surface area contributed by atoms with Crippen LogP contribution in [0, 0.1) is 4.78 Å². The Labute approximate surface area is 188 Å². The van der Waals surface area contributed by atoms with Crippen molar-refractivity contribution in [3.8, 4) is 0 Å². The molecule has 0 heterocycles. The summed E-state index contributed by atoms with van der Waals surface area (Å²) >= 11 is 0. The minimum atomic E-state index is -5.07. The van der Waals surface area contributed by atoms with E-state index in [0.717, 1.165) is 24.3 Å². The van der Waals surface area contributed by atoms with Gasteiger partial charge in [0.05, 0.1) is 22.4 Å². The van der Waals surface area contributed by atoms with E-state index in [9.17, 15) is 39.5 Å². The summed E-state index contributed by atoms with van der Waals surface area (Å²) in [5.74, 6) is 0.